The van der Waals surface area contributed by atoms with E-state index in [0.29, 0.717) is 35.2 Å². The van der Waals surface area contributed by atoms with Gasteiger partial charge >= 0.3 is 11.9 Å². The van der Waals surface area contributed by atoms with Gasteiger partial charge in [0.1, 0.15) is 17.9 Å². The maximum Gasteiger partial charge on any atom is 0.348 e. The Morgan fingerprint density at radius 1 is 1.21 bits per heavy atom. The standard InChI is InChI=1S/C18H17BrO5/c1-2-9-22-15-6-5-12(11-14(15)19)10-13-16(20)23-18(24-17(13)21)7-3-4-8-18/h2,5-6,10-11H,1,3-4,7-9H2. The number of benzene rings is 1. The van der Waals surface area contributed by atoms with Gasteiger partial charge in [-0.2, -0.15) is 0 Å². The molecule has 6 heteroatoms. The quantitative estimate of drug-likeness (QED) is 0.337. The molecule has 0 aromatic heterocycles. The number of rotatable bonds is 4. The second kappa shape index (κ2) is 6.81. The highest BCUT2D eigenvalue weighted by molar-refractivity contribution is 9.10. The lowest BCUT2D eigenvalue weighted by Crippen LogP contribution is -2.44. The predicted molar refractivity (Wildman–Crippen MR) is 91.2 cm³/mol. The molecule has 1 aliphatic carbocycles. The number of esters is 2. The molecule has 1 saturated heterocycles. The van der Waals surface area contributed by atoms with Crippen LogP contribution in [0.4, 0.5) is 0 Å². The molecule has 0 bridgehead atoms. The highest BCUT2D eigenvalue weighted by atomic mass is 79.9. The van der Waals surface area contributed by atoms with Crippen molar-refractivity contribution in [1.29, 1.82) is 0 Å². The number of halogens is 1. The summed E-state index contributed by atoms with van der Waals surface area (Å²) in [5.74, 6) is -1.66. The molecule has 5 nitrogen and oxygen atoms in total. The van der Waals surface area contributed by atoms with Crippen LogP contribution in [-0.4, -0.2) is 24.3 Å². The first-order chi connectivity index (χ1) is 11.5. The highest BCUT2D eigenvalue weighted by Gasteiger charge is 2.47. The number of hydrogen-bond donors (Lipinski definition) is 0. The molecule has 2 aliphatic rings. The second-order valence-electron chi connectivity index (χ2n) is 5.74. The second-order valence-corrected chi connectivity index (χ2v) is 6.60. The smallest absolute Gasteiger partial charge is 0.348 e. The molecule has 1 saturated carbocycles. The lowest BCUT2D eigenvalue weighted by molar-refractivity contribution is -0.232. The van der Waals surface area contributed by atoms with Gasteiger partial charge < -0.3 is 14.2 Å². The third kappa shape index (κ3) is 3.38. The molecule has 24 heavy (non-hydrogen) atoms. The average molecular weight is 393 g/mol. The first-order valence-electron chi connectivity index (χ1n) is 7.75. The molecule has 1 aromatic carbocycles. The van der Waals surface area contributed by atoms with E-state index in [4.69, 9.17) is 14.2 Å². The minimum absolute atomic E-state index is 0.0980. The Morgan fingerprint density at radius 3 is 2.46 bits per heavy atom. The van der Waals surface area contributed by atoms with Crippen molar-refractivity contribution in [2.24, 2.45) is 0 Å². The molecule has 3 rings (SSSR count). The lowest BCUT2D eigenvalue weighted by atomic mass is 10.1. The molecule has 1 heterocycles. The molecule has 1 aromatic rings. The van der Waals surface area contributed by atoms with Crippen LogP contribution in [0.2, 0.25) is 0 Å². The van der Waals surface area contributed by atoms with Crippen LogP contribution in [-0.2, 0) is 19.1 Å². The average Bonchev–Trinajstić information content (AvgIpc) is 2.98. The van der Waals surface area contributed by atoms with E-state index in [1.54, 1.807) is 24.3 Å². The molecule has 2 fully saturated rings. The van der Waals surface area contributed by atoms with Gasteiger partial charge in [0.2, 0.25) is 0 Å². The molecule has 1 aliphatic heterocycles. The highest BCUT2D eigenvalue weighted by Crippen LogP contribution is 2.38. The van der Waals surface area contributed by atoms with Crippen LogP contribution in [0.15, 0.2) is 40.9 Å². The molecule has 126 valence electrons. The van der Waals surface area contributed by atoms with Crippen LogP contribution in [0.25, 0.3) is 6.08 Å². The van der Waals surface area contributed by atoms with Crippen molar-refractivity contribution in [2.45, 2.75) is 31.5 Å². The third-order valence-electron chi connectivity index (χ3n) is 3.99. The van der Waals surface area contributed by atoms with Crippen LogP contribution >= 0.6 is 15.9 Å². The van der Waals surface area contributed by atoms with Gasteiger partial charge in [0, 0.05) is 12.8 Å². The Bertz CT molecular complexity index is 694. The zero-order valence-electron chi connectivity index (χ0n) is 13.0. The molecule has 1 spiro atoms. The largest absolute Gasteiger partial charge is 0.488 e. The molecule has 0 radical (unpaired) electrons. The zero-order valence-corrected chi connectivity index (χ0v) is 14.6. The van der Waals surface area contributed by atoms with E-state index in [1.807, 2.05) is 0 Å². The minimum Gasteiger partial charge on any atom is -0.488 e. The first-order valence-corrected chi connectivity index (χ1v) is 8.54. The third-order valence-corrected chi connectivity index (χ3v) is 4.61. The summed E-state index contributed by atoms with van der Waals surface area (Å²) in [6, 6.07) is 5.25. The summed E-state index contributed by atoms with van der Waals surface area (Å²) in [6.45, 7) is 3.98. The van der Waals surface area contributed by atoms with Gasteiger partial charge in [-0.1, -0.05) is 18.7 Å². The van der Waals surface area contributed by atoms with E-state index in [9.17, 15) is 9.59 Å². The molecular weight excluding hydrogens is 376 g/mol. The van der Waals surface area contributed by atoms with Crippen LogP contribution in [0.3, 0.4) is 0 Å². The zero-order chi connectivity index (χ0) is 17.2. The number of carbonyl (C=O) groups excluding carboxylic acids is 2. The predicted octanol–water partition coefficient (Wildman–Crippen LogP) is 3.77. The lowest BCUT2D eigenvalue weighted by Gasteiger charge is -2.32. The van der Waals surface area contributed by atoms with Crippen LogP contribution in [0, 0.1) is 0 Å². The van der Waals surface area contributed by atoms with Crippen molar-refractivity contribution in [3.05, 3.63) is 46.5 Å². The van der Waals surface area contributed by atoms with E-state index in [1.165, 1.54) is 6.08 Å². The normalized spacial score (nSPS) is 19.0. The Labute approximate surface area is 148 Å². The molecular formula is C18H17BrO5. The minimum atomic E-state index is -1.05. The Balaban J connectivity index is 1.80. The maximum absolute atomic E-state index is 12.2. The van der Waals surface area contributed by atoms with Crippen molar-refractivity contribution in [2.75, 3.05) is 6.61 Å². The Morgan fingerprint density at radius 2 is 1.88 bits per heavy atom. The van der Waals surface area contributed by atoms with Crippen LogP contribution in [0.5, 0.6) is 5.75 Å². The van der Waals surface area contributed by atoms with Crippen molar-refractivity contribution >= 4 is 33.9 Å². The van der Waals surface area contributed by atoms with E-state index >= 15 is 0 Å². The monoisotopic (exact) mass is 392 g/mol. The molecule has 0 amide bonds. The number of ether oxygens (including phenoxy) is 3. The topological polar surface area (TPSA) is 61.8 Å². The van der Waals surface area contributed by atoms with Crippen molar-refractivity contribution in [1.82, 2.24) is 0 Å². The summed E-state index contributed by atoms with van der Waals surface area (Å²) in [5, 5.41) is 0. The summed E-state index contributed by atoms with van der Waals surface area (Å²) in [5.41, 5.74) is 0.568. The fourth-order valence-corrected chi connectivity index (χ4v) is 3.34. The van der Waals surface area contributed by atoms with Crippen LogP contribution in [0.1, 0.15) is 31.2 Å². The van der Waals surface area contributed by atoms with E-state index in [2.05, 4.69) is 22.5 Å². The van der Waals surface area contributed by atoms with Gasteiger partial charge in [0.05, 0.1) is 4.47 Å². The van der Waals surface area contributed by atoms with Gasteiger partial charge in [-0.3, -0.25) is 0 Å². The van der Waals surface area contributed by atoms with Gasteiger partial charge in [-0.25, -0.2) is 9.59 Å². The van der Waals surface area contributed by atoms with E-state index in [0.717, 1.165) is 12.8 Å². The SMILES string of the molecule is C=CCOc1ccc(C=C2C(=O)OC3(CCCC3)OC2=O)cc1Br. The van der Waals surface area contributed by atoms with Crippen molar-refractivity contribution < 1.29 is 23.8 Å². The van der Waals surface area contributed by atoms with Gasteiger partial charge in [-0.15, -0.1) is 0 Å². The summed E-state index contributed by atoms with van der Waals surface area (Å²) < 4.78 is 17.0. The maximum atomic E-state index is 12.2. The molecule has 0 atom stereocenters. The summed E-state index contributed by atoms with van der Waals surface area (Å²) in [6.07, 6.45) is 6.03. The Hall–Kier alpha value is -2.08. The van der Waals surface area contributed by atoms with Gasteiger partial charge in [0.25, 0.3) is 5.79 Å². The van der Waals surface area contributed by atoms with E-state index in [-0.39, 0.29) is 5.57 Å². The molecule has 0 unspecified atom stereocenters. The van der Waals surface area contributed by atoms with Gasteiger partial charge in [-0.05, 0) is 52.5 Å². The first kappa shape index (κ1) is 16.8. The van der Waals surface area contributed by atoms with Crippen LogP contribution < -0.4 is 4.74 Å². The fourth-order valence-electron chi connectivity index (χ4n) is 2.83. The fraction of sp³-hybridized carbons (Fsp3) is 0.333. The number of carbonyl (C=O) groups is 2. The summed E-state index contributed by atoms with van der Waals surface area (Å²) in [4.78, 5) is 24.4. The number of hydrogen-bond acceptors (Lipinski definition) is 5. The van der Waals surface area contributed by atoms with Gasteiger partial charge in [0.15, 0.2) is 0 Å². The summed E-state index contributed by atoms with van der Waals surface area (Å²) in [7, 11) is 0. The van der Waals surface area contributed by atoms with Crippen molar-refractivity contribution in [3.63, 3.8) is 0 Å². The summed E-state index contributed by atoms with van der Waals surface area (Å²) >= 11 is 3.40. The van der Waals surface area contributed by atoms with Crippen molar-refractivity contribution in [3.8, 4) is 5.75 Å². The van der Waals surface area contributed by atoms with E-state index < -0.39 is 17.7 Å². The molecule has 0 N–H and O–H groups in total. The Kier molecular flexibility index (Phi) is 4.76.